The normalized spacial score (nSPS) is 19.4. The number of likely N-dealkylation sites (tertiary alicyclic amines) is 1. The largest absolute Gasteiger partial charge is 0.352 e. The average Bonchev–Trinajstić information content (AvgIpc) is 3.46. The first-order valence-electron chi connectivity index (χ1n) is 12.5. The Balaban J connectivity index is 1.49. The summed E-state index contributed by atoms with van der Waals surface area (Å²) in [5.74, 6) is 1.28. The van der Waals surface area contributed by atoms with Gasteiger partial charge < -0.3 is 10.2 Å². The topological polar surface area (TPSA) is 80.1 Å². The zero-order valence-corrected chi connectivity index (χ0v) is 21.7. The van der Waals surface area contributed by atoms with Gasteiger partial charge in [0.05, 0.1) is 5.75 Å². The van der Waals surface area contributed by atoms with Crippen molar-refractivity contribution in [2.24, 2.45) is 0 Å². The van der Waals surface area contributed by atoms with Crippen LogP contribution in [0, 0.1) is 0 Å². The summed E-state index contributed by atoms with van der Waals surface area (Å²) < 4.78 is 2.27. The van der Waals surface area contributed by atoms with Crippen LogP contribution in [0.25, 0.3) is 11.4 Å². The standard InChI is InChI=1S/C26H37N5O2S/c1-18(32)27-21-8-7-15-30(16-21)23(33)17-34-25-29-28-24(31(25)22-9-5-6-10-22)19-11-13-20(14-12-19)26(2,3)4/h11-14,21-22H,5-10,15-17H2,1-4H3,(H,27,32). The fourth-order valence-corrected chi connectivity index (χ4v) is 5.92. The molecule has 2 amide bonds. The lowest BCUT2D eigenvalue weighted by Crippen LogP contribution is -2.49. The van der Waals surface area contributed by atoms with Crippen molar-refractivity contribution in [2.45, 2.75) is 88.9 Å². The van der Waals surface area contributed by atoms with Gasteiger partial charge in [-0.1, -0.05) is 69.6 Å². The van der Waals surface area contributed by atoms with Gasteiger partial charge in [0.15, 0.2) is 11.0 Å². The Hall–Kier alpha value is -2.35. The Kier molecular flexibility index (Phi) is 7.65. The van der Waals surface area contributed by atoms with Crippen molar-refractivity contribution in [3.8, 4) is 11.4 Å². The van der Waals surface area contributed by atoms with Crippen LogP contribution in [-0.4, -0.2) is 56.4 Å². The summed E-state index contributed by atoms with van der Waals surface area (Å²) in [5, 5.41) is 12.9. The zero-order valence-electron chi connectivity index (χ0n) is 20.8. The number of hydrogen-bond acceptors (Lipinski definition) is 5. The number of nitrogens with zero attached hydrogens (tertiary/aromatic N) is 4. The lowest BCUT2D eigenvalue weighted by atomic mass is 9.86. The van der Waals surface area contributed by atoms with Crippen LogP contribution in [0.3, 0.4) is 0 Å². The molecule has 34 heavy (non-hydrogen) atoms. The monoisotopic (exact) mass is 483 g/mol. The van der Waals surface area contributed by atoms with Gasteiger partial charge in [0, 0.05) is 37.7 Å². The summed E-state index contributed by atoms with van der Waals surface area (Å²) in [4.78, 5) is 26.3. The Bertz CT molecular complexity index is 1010. The number of benzene rings is 1. The first kappa shape index (κ1) is 24.8. The van der Waals surface area contributed by atoms with E-state index in [2.05, 4.69) is 65.1 Å². The summed E-state index contributed by atoms with van der Waals surface area (Å²) in [6.07, 6.45) is 6.51. The Morgan fingerprint density at radius 3 is 2.41 bits per heavy atom. The van der Waals surface area contributed by atoms with E-state index in [4.69, 9.17) is 0 Å². The average molecular weight is 484 g/mol. The van der Waals surface area contributed by atoms with Gasteiger partial charge in [-0.25, -0.2) is 0 Å². The molecule has 1 aliphatic carbocycles. The highest BCUT2D eigenvalue weighted by molar-refractivity contribution is 7.99. The molecule has 0 radical (unpaired) electrons. The van der Waals surface area contributed by atoms with Crippen LogP contribution in [0.4, 0.5) is 0 Å². The minimum absolute atomic E-state index is 0.0404. The van der Waals surface area contributed by atoms with Crippen LogP contribution in [0.2, 0.25) is 0 Å². The van der Waals surface area contributed by atoms with Crippen LogP contribution in [-0.2, 0) is 15.0 Å². The highest BCUT2D eigenvalue weighted by Crippen LogP contribution is 2.37. The molecule has 2 fully saturated rings. The predicted octanol–water partition coefficient (Wildman–Crippen LogP) is 4.58. The van der Waals surface area contributed by atoms with Crippen LogP contribution >= 0.6 is 11.8 Å². The second-order valence-electron chi connectivity index (χ2n) is 10.6. The highest BCUT2D eigenvalue weighted by atomic mass is 32.2. The lowest BCUT2D eigenvalue weighted by molar-refractivity contribution is -0.130. The maximum absolute atomic E-state index is 13.0. The van der Waals surface area contributed by atoms with E-state index >= 15 is 0 Å². The SMILES string of the molecule is CC(=O)NC1CCCN(C(=O)CSc2nnc(-c3ccc(C(C)(C)C)cc3)n2C2CCCC2)C1. The van der Waals surface area contributed by atoms with Gasteiger partial charge in [0.25, 0.3) is 0 Å². The number of amides is 2. The maximum atomic E-state index is 13.0. The third-order valence-corrected chi connectivity index (χ3v) is 7.80. The molecule has 1 N–H and O–H groups in total. The van der Waals surface area contributed by atoms with Crippen LogP contribution in [0.15, 0.2) is 29.4 Å². The van der Waals surface area contributed by atoms with E-state index in [1.807, 2.05) is 4.90 Å². The Morgan fingerprint density at radius 2 is 1.76 bits per heavy atom. The molecule has 1 aliphatic heterocycles. The number of thioether (sulfide) groups is 1. The first-order chi connectivity index (χ1) is 16.2. The van der Waals surface area contributed by atoms with Gasteiger partial charge in [0.1, 0.15) is 0 Å². The molecule has 1 aromatic carbocycles. The number of rotatable bonds is 6. The molecule has 2 aromatic rings. The van der Waals surface area contributed by atoms with Gasteiger partial charge >= 0.3 is 0 Å². The molecule has 1 unspecified atom stereocenters. The molecular weight excluding hydrogens is 446 g/mol. The number of carbonyl (C=O) groups excluding carboxylic acids is 2. The molecule has 1 aromatic heterocycles. The third kappa shape index (κ3) is 5.82. The van der Waals surface area contributed by atoms with Crippen LogP contribution in [0.1, 0.15) is 77.8 Å². The van der Waals surface area contributed by atoms with Gasteiger partial charge in [0.2, 0.25) is 11.8 Å². The van der Waals surface area contributed by atoms with Crippen molar-refractivity contribution >= 4 is 23.6 Å². The Morgan fingerprint density at radius 1 is 1.06 bits per heavy atom. The van der Waals surface area contributed by atoms with Crippen molar-refractivity contribution in [2.75, 3.05) is 18.8 Å². The van der Waals surface area contributed by atoms with Crippen molar-refractivity contribution in [3.05, 3.63) is 29.8 Å². The molecule has 1 saturated heterocycles. The van der Waals surface area contributed by atoms with Gasteiger partial charge in [-0.3, -0.25) is 14.2 Å². The van der Waals surface area contributed by atoms with E-state index in [0.29, 0.717) is 18.3 Å². The highest BCUT2D eigenvalue weighted by Gasteiger charge is 2.28. The molecule has 184 valence electrons. The fourth-order valence-electron chi connectivity index (χ4n) is 5.01. The number of hydrogen-bond donors (Lipinski definition) is 1. The predicted molar refractivity (Wildman–Crippen MR) is 136 cm³/mol. The van der Waals surface area contributed by atoms with Crippen molar-refractivity contribution in [1.29, 1.82) is 0 Å². The second-order valence-corrected chi connectivity index (χ2v) is 11.6. The quantitative estimate of drug-likeness (QED) is 0.609. The Labute approximate surface area is 207 Å². The fraction of sp³-hybridized carbons (Fsp3) is 0.615. The summed E-state index contributed by atoms with van der Waals surface area (Å²) in [6.45, 7) is 9.51. The molecule has 1 atom stereocenters. The summed E-state index contributed by atoms with van der Waals surface area (Å²) in [5.41, 5.74) is 2.47. The van der Waals surface area contributed by atoms with Gasteiger partial charge in [-0.2, -0.15) is 0 Å². The molecule has 2 heterocycles. The molecule has 0 spiro atoms. The third-order valence-electron chi connectivity index (χ3n) is 6.87. The van der Waals surface area contributed by atoms with Crippen LogP contribution < -0.4 is 5.32 Å². The van der Waals surface area contributed by atoms with Crippen molar-refractivity contribution < 1.29 is 9.59 Å². The van der Waals surface area contributed by atoms with E-state index in [0.717, 1.165) is 48.8 Å². The summed E-state index contributed by atoms with van der Waals surface area (Å²) in [6, 6.07) is 9.08. The van der Waals surface area contributed by atoms with Crippen molar-refractivity contribution in [3.63, 3.8) is 0 Å². The summed E-state index contributed by atoms with van der Waals surface area (Å²) >= 11 is 1.48. The van der Waals surface area contributed by atoms with E-state index in [1.165, 1.54) is 37.1 Å². The van der Waals surface area contributed by atoms with E-state index in [9.17, 15) is 9.59 Å². The van der Waals surface area contributed by atoms with Gasteiger partial charge in [-0.05, 0) is 36.7 Å². The summed E-state index contributed by atoms with van der Waals surface area (Å²) in [7, 11) is 0. The van der Waals surface area contributed by atoms with E-state index in [1.54, 1.807) is 0 Å². The molecule has 8 heteroatoms. The van der Waals surface area contributed by atoms with E-state index < -0.39 is 0 Å². The number of carbonyl (C=O) groups is 2. The minimum atomic E-state index is -0.0404. The second kappa shape index (κ2) is 10.5. The first-order valence-corrected chi connectivity index (χ1v) is 13.4. The number of piperidine rings is 1. The molecule has 4 rings (SSSR count). The zero-order chi connectivity index (χ0) is 24.3. The van der Waals surface area contributed by atoms with Gasteiger partial charge in [-0.15, -0.1) is 10.2 Å². The smallest absolute Gasteiger partial charge is 0.233 e. The van der Waals surface area contributed by atoms with Crippen molar-refractivity contribution in [1.82, 2.24) is 25.0 Å². The maximum Gasteiger partial charge on any atom is 0.233 e. The molecule has 2 aliphatic rings. The number of nitrogens with one attached hydrogen (secondary N) is 1. The molecule has 1 saturated carbocycles. The van der Waals surface area contributed by atoms with Crippen LogP contribution in [0.5, 0.6) is 0 Å². The van der Waals surface area contributed by atoms with E-state index in [-0.39, 0.29) is 23.3 Å². The number of aromatic nitrogens is 3. The molecule has 0 bridgehead atoms. The minimum Gasteiger partial charge on any atom is -0.352 e. The molecular formula is C26H37N5O2S. The molecule has 7 nitrogen and oxygen atoms in total. The lowest BCUT2D eigenvalue weighted by Gasteiger charge is -2.33.